The molecule has 0 aliphatic carbocycles. The number of anilines is 2. The van der Waals surface area contributed by atoms with E-state index in [9.17, 15) is 24.0 Å². The predicted molar refractivity (Wildman–Crippen MR) is 147 cm³/mol. The van der Waals surface area contributed by atoms with E-state index in [1.54, 1.807) is 42.5 Å². The van der Waals surface area contributed by atoms with E-state index in [4.69, 9.17) is 19.9 Å². The van der Waals surface area contributed by atoms with Crippen molar-refractivity contribution in [3.63, 3.8) is 0 Å². The fourth-order valence-electron chi connectivity index (χ4n) is 4.48. The first-order valence-corrected chi connectivity index (χ1v) is 13.3. The third-order valence-corrected chi connectivity index (χ3v) is 6.45. The van der Waals surface area contributed by atoms with Gasteiger partial charge in [-0.05, 0) is 36.8 Å². The number of rotatable bonds is 15. The number of amides is 5. The number of nitrogens with one attached hydrogen (secondary N) is 3. The van der Waals surface area contributed by atoms with Crippen molar-refractivity contribution < 1.29 is 38.2 Å². The van der Waals surface area contributed by atoms with Gasteiger partial charge < -0.3 is 30.6 Å². The number of carbonyl (C=O) groups excluding carboxylic acids is 5. The molecule has 0 radical (unpaired) electrons. The smallest absolute Gasteiger partial charge is 0.264 e. The minimum Gasteiger partial charge on any atom is -0.399 e. The van der Waals surface area contributed by atoms with Crippen molar-refractivity contribution in [1.82, 2.24) is 15.5 Å². The van der Waals surface area contributed by atoms with E-state index >= 15 is 0 Å². The zero-order valence-corrected chi connectivity index (χ0v) is 22.5. The average Bonchev–Trinajstić information content (AvgIpc) is 3.21. The van der Waals surface area contributed by atoms with Crippen LogP contribution in [0, 0.1) is 0 Å². The van der Waals surface area contributed by atoms with Crippen molar-refractivity contribution in [3.8, 4) is 0 Å². The van der Waals surface area contributed by atoms with E-state index in [1.807, 2.05) is 0 Å². The van der Waals surface area contributed by atoms with Crippen LogP contribution in [0.25, 0.3) is 0 Å². The Kier molecular flexibility index (Phi) is 10.4. The molecule has 218 valence electrons. The van der Waals surface area contributed by atoms with Gasteiger partial charge in [-0.3, -0.25) is 34.2 Å². The minimum atomic E-state index is -1.01. The summed E-state index contributed by atoms with van der Waals surface area (Å²) in [7, 11) is 0. The van der Waals surface area contributed by atoms with Gasteiger partial charge in [0.25, 0.3) is 17.7 Å². The van der Waals surface area contributed by atoms with Crippen LogP contribution < -0.4 is 21.7 Å². The van der Waals surface area contributed by atoms with Gasteiger partial charge in [0.2, 0.25) is 11.8 Å². The summed E-state index contributed by atoms with van der Waals surface area (Å²) in [6.07, 6.45) is 0.165. The molecular weight excluding hydrogens is 534 g/mol. The van der Waals surface area contributed by atoms with E-state index in [1.165, 1.54) is 0 Å². The zero-order chi connectivity index (χ0) is 29.2. The maximum absolute atomic E-state index is 13.1. The van der Waals surface area contributed by atoms with Crippen LogP contribution in [-0.2, 0) is 23.8 Å². The normalized spacial score (nSPS) is 16.5. The van der Waals surface area contributed by atoms with Gasteiger partial charge in [0, 0.05) is 36.4 Å². The molecule has 4 rings (SSSR count). The van der Waals surface area contributed by atoms with Crippen molar-refractivity contribution in [3.05, 3.63) is 59.2 Å². The highest BCUT2D eigenvalue weighted by molar-refractivity contribution is 6.25. The van der Waals surface area contributed by atoms with Crippen LogP contribution in [0.4, 0.5) is 11.4 Å². The molecule has 2 aliphatic rings. The lowest BCUT2D eigenvalue weighted by Crippen LogP contribution is -2.54. The Balaban J connectivity index is 1.07. The van der Waals surface area contributed by atoms with Crippen LogP contribution in [0.2, 0.25) is 0 Å². The molecule has 5 amide bonds. The predicted octanol–water partition coefficient (Wildman–Crippen LogP) is 0.562. The number of carbonyl (C=O) groups is 5. The van der Waals surface area contributed by atoms with E-state index in [0.29, 0.717) is 69.7 Å². The number of nitrogens with two attached hydrogens (primary N) is 1. The maximum Gasteiger partial charge on any atom is 0.264 e. The quantitative estimate of drug-likeness (QED) is 0.135. The fourth-order valence-corrected chi connectivity index (χ4v) is 4.48. The summed E-state index contributed by atoms with van der Waals surface area (Å²) in [6.45, 7) is 2.88. The van der Waals surface area contributed by atoms with Gasteiger partial charge >= 0.3 is 0 Å². The Morgan fingerprint density at radius 2 is 1.59 bits per heavy atom. The van der Waals surface area contributed by atoms with Crippen molar-refractivity contribution in [2.45, 2.75) is 18.9 Å². The fraction of sp³-hybridized carbons (Fsp3) is 0.393. The summed E-state index contributed by atoms with van der Waals surface area (Å²) in [4.78, 5) is 62.6. The monoisotopic (exact) mass is 567 g/mol. The number of hydrogen-bond acceptors (Lipinski definition) is 10. The third kappa shape index (κ3) is 7.66. The topological polar surface area (TPSA) is 178 Å². The second-order valence-electron chi connectivity index (χ2n) is 9.32. The standard InChI is InChI=1S/C28H33N5O8/c29-19-4-1-3-18(17-19)25(35)31-10-12-40-14-16-41-15-13-39-11-9-30-21-6-2-5-20-24(21)28(38)33(27(20)37)22-7-8-23(34)32-26(22)36/h1-6,17,22,30H,7-16,29H2,(H,31,35)(H,32,34,36). The van der Waals surface area contributed by atoms with Crippen LogP contribution >= 0.6 is 0 Å². The number of nitrogen functional groups attached to an aromatic ring is 1. The molecule has 41 heavy (non-hydrogen) atoms. The van der Waals surface area contributed by atoms with Gasteiger partial charge in [0.15, 0.2) is 0 Å². The van der Waals surface area contributed by atoms with Gasteiger partial charge in [0.05, 0.1) is 50.8 Å². The van der Waals surface area contributed by atoms with E-state index in [2.05, 4.69) is 16.0 Å². The lowest BCUT2D eigenvalue weighted by atomic mass is 10.0. The van der Waals surface area contributed by atoms with E-state index in [-0.39, 0.29) is 29.9 Å². The number of benzene rings is 2. The molecule has 1 unspecified atom stereocenters. The lowest BCUT2D eigenvalue weighted by Gasteiger charge is -2.27. The van der Waals surface area contributed by atoms with E-state index in [0.717, 1.165) is 4.90 Å². The van der Waals surface area contributed by atoms with Gasteiger partial charge in [0.1, 0.15) is 6.04 Å². The first-order chi connectivity index (χ1) is 19.9. The van der Waals surface area contributed by atoms with Crippen LogP contribution in [0.15, 0.2) is 42.5 Å². The number of nitrogens with zero attached hydrogens (tertiary/aromatic N) is 1. The summed E-state index contributed by atoms with van der Waals surface area (Å²) >= 11 is 0. The van der Waals surface area contributed by atoms with Crippen molar-refractivity contribution in [1.29, 1.82) is 0 Å². The third-order valence-electron chi connectivity index (χ3n) is 6.45. The number of hydrogen-bond donors (Lipinski definition) is 4. The summed E-state index contributed by atoms with van der Waals surface area (Å²) in [5.74, 6) is -2.40. The molecule has 1 atom stereocenters. The molecule has 2 aromatic carbocycles. The molecule has 0 bridgehead atoms. The van der Waals surface area contributed by atoms with Crippen molar-refractivity contribution >= 4 is 40.9 Å². The van der Waals surface area contributed by atoms with Crippen molar-refractivity contribution in [2.75, 3.05) is 63.8 Å². The number of fused-ring (bicyclic) bond motifs is 1. The number of piperidine rings is 1. The molecule has 0 saturated carbocycles. The highest BCUT2D eigenvalue weighted by atomic mass is 16.5. The lowest BCUT2D eigenvalue weighted by molar-refractivity contribution is -0.136. The molecule has 0 spiro atoms. The van der Waals surface area contributed by atoms with Crippen LogP contribution in [0.3, 0.4) is 0 Å². The van der Waals surface area contributed by atoms with Crippen LogP contribution in [-0.4, -0.2) is 93.2 Å². The molecule has 1 saturated heterocycles. The summed E-state index contributed by atoms with van der Waals surface area (Å²) in [6, 6.07) is 10.6. The highest BCUT2D eigenvalue weighted by Crippen LogP contribution is 2.32. The van der Waals surface area contributed by atoms with E-state index < -0.39 is 29.7 Å². The Morgan fingerprint density at radius 1 is 0.902 bits per heavy atom. The Labute approximate surface area is 236 Å². The molecule has 2 aromatic rings. The maximum atomic E-state index is 13.1. The SMILES string of the molecule is Nc1cccc(C(=O)NCCOCCOCCOCCNc2cccc3c2C(=O)N(C2CCC(=O)NC2=O)C3=O)c1. The summed E-state index contributed by atoms with van der Waals surface area (Å²) in [5.41, 5.74) is 7.59. The Morgan fingerprint density at radius 3 is 2.29 bits per heavy atom. The first kappa shape index (κ1) is 29.6. The average molecular weight is 568 g/mol. The molecular formula is C28H33N5O8. The zero-order valence-electron chi connectivity index (χ0n) is 22.5. The molecule has 1 fully saturated rings. The van der Waals surface area contributed by atoms with Gasteiger partial charge in [-0.25, -0.2) is 0 Å². The number of ether oxygens (including phenoxy) is 3. The molecule has 13 heteroatoms. The first-order valence-electron chi connectivity index (χ1n) is 13.3. The van der Waals surface area contributed by atoms with Gasteiger partial charge in [-0.2, -0.15) is 0 Å². The molecule has 5 N–H and O–H groups in total. The largest absolute Gasteiger partial charge is 0.399 e. The minimum absolute atomic E-state index is 0.0639. The van der Waals surface area contributed by atoms with Crippen molar-refractivity contribution in [2.24, 2.45) is 0 Å². The molecule has 2 heterocycles. The van der Waals surface area contributed by atoms with Gasteiger partial charge in [-0.15, -0.1) is 0 Å². The number of imide groups is 2. The molecule has 2 aliphatic heterocycles. The highest BCUT2D eigenvalue weighted by Gasteiger charge is 2.45. The molecule has 13 nitrogen and oxygen atoms in total. The second kappa shape index (κ2) is 14.3. The van der Waals surface area contributed by atoms with Crippen LogP contribution in [0.5, 0.6) is 0 Å². The Hall–Kier alpha value is -4.33. The second-order valence-corrected chi connectivity index (χ2v) is 9.32. The van der Waals surface area contributed by atoms with Crippen LogP contribution in [0.1, 0.15) is 43.9 Å². The molecule has 0 aromatic heterocycles. The Bertz CT molecular complexity index is 1300. The summed E-state index contributed by atoms with van der Waals surface area (Å²) in [5, 5.41) is 8.06. The summed E-state index contributed by atoms with van der Waals surface area (Å²) < 4.78 is 16.5. The van der Waals surface area contributed by atoms with Gasteiger partial charge in [-0.1, -0.05) is 12.1 Å².